The molecule has 4 nitrogen and oxygen atoms in total. The van der Waals surface area contributed by atoms with Gasteiger partial charge in [0.05, 0.1) is 5.92 Å². The normalized spacial score (nSPS) is 27.6. The first-order chi connectivity index (χ1) is 10.6. The molecule has 1 aliphatic heterocycles. The summed E-state index contributed by atoms with van der Waals surface area (Å²) in [5.41, 5.74) is 0. The number of carbonyl (C=O) groups excluding carboxylic acids is 2. The van der Waals surface area contributed by atoms with Crippen LogP contribution in [0.5, 0.6) is 0 Å². The molecule has 0 N–H and O–H groups in total. The maximum Gasteiger partial charge on any atom is 0.227 e. The Balaban J connectivity index is 1.54. The molecular weight excluding hydrogens is 276 g/mol. The minimum absolute atomic E-state index is 0.0965. The number of nitrogens with zero attached hydrogens (tertiary/aromatic N) is 2. The molecule has 0 bridgehead atoms. The van der Waals surface area contributed by atoms with Gasteiger partial charge >= 0.3 is 0 Å². The van der Waals surface area contributed by atoms with E-state index in [0.717, 1.165) is 19.4 Å². The van der Waals surface area contributed by atoms with Gasteiger partial charge in [-0.1, -0.05) is 32.1 Å². The van der Waals surface area contributed by atoms with Crippen molar-refractivity contribution in [2.75, 3.05) is 20.1 Å². The molecule has 2 saturated carbocycles. The van der Waals surface area contributed by atoms with Crippen molar-refractivity contribution >= 4 is 11.8 Å². The van der Waals surface area contributed by atoms with Gasteiger partial charge in [-0.3, -0.25) is 9.59 Å². The van der Waals surface area contributed by atoms with Gasteiger partial charge in [0.1, 0.15) is 0 Å². The molecule has 0 spiro atoms. The van der Waals surface area contributed by atoms with Gasteiger partial charge in [-0.2, -0.15) is 0 Å². The molecule has 3 fully saturated rings. The average molecular weight is 306 g/mol. The highest BCUT2D eigenvalue weighted by Crippen LogP contribution is 2.30. The Morgan fingerprint density at radius 1 is 1.09 bits per heavy atom. The first kappa shape index (κ1) is 15.8. The van der Waals surface area contributed by atoms with Crippen LogP contribution < -0.4 is 0 Å². The molecule has 1 heterocycles. The Bertz CT molecular complexity index is 411. The highest BCUT2D eigenvalue weighted by Gasteiger charge is 2.39. The molecule has 22 heavy (non-hydrogen) atoms. The van der Waals surface area contributed by atoms with Gasteiger partial charge in [-0.05, 0) is 31.6 Å². The summed E-state index contributed by atoms with van der Waals surface area (Å²) in [5.74, 6) is 1.00. The Morgan fingerprint density at radius 3 is 2.36 bits per heavy atom. The zero-order valence-corrected chi connectivity index (χ0v) is 13.9. The van der Waals surface area contributed by atoms with Crippen molar-refractivity contribution < 1.29 is 9.59 Å². The smallest absolute Gasteiger partial charge is 0.227 e. The summed E-state index contributed by atoms with van der Waals surface area (Å²) < 4.78 is 0. The van der Waals surface area contributed by atoms with E-state index in [4.69, 9.17) is 0 Å². The van der Waals surface area contributed by atoms with E-state index in [0.29, 0.717) is 24.9 Å². The summed E-state index contributed by atoms with van der Waals surface area (Å²) in [6, 6.07) is 0.393. The second kappa shape index (κ2) is 7.01. The zero-order valence-electron chi connectivity index (χ0n) is 13.9. The van der Waals surface area contributed by atoms with Gasteiger partial charge in [-0.25, -0.2) is 0 Å². The molecule has 124 valence electrons. The quantitative estimate of drug-likeness (QED) is 0.749. The van der Waals surface area contributed by atoms with Gasteiger partial charge in [0, 0.05) is 32.6 Å². The minimum atomic E-state index is -0.0965. The van der Waals surface area contributed by atoms with Gasteiger partial charge < -0.3 is 9.80 Å². The standard InChI is InChI=1S/C18H30N2O2/c1-19(12-14-7-6-8-14)18(22)15-11-17(21)20(13-15)16-9-4-2-3-5-10-16/h14-16H,2-13H2,1H3/t15-/m0/s1. The largest absolute Gasteiger partial charge is 0.345 e. The second-order valence-electron chi connectivity index (χ2n) is 7.61. The van der Waals surface area contributed by atoms with Crippen molar-refractivity contribution in [1.82, 2.24) is 9.80 Å². The van der Waals surface area contributed by atoms with Crippen LogP contribution in [-0.4, -0.2) is 47.8 Å². The van der Waals surface area contributed by atoms with Crippen molar-refractivity contribution in [2.45, 2.75) is 70.3 Å². The second-order valence-corrected chi connectivity index (χ2v) is 7.61. The summed E-state index contributed by atoms with van der Waals surface area (Å²) in [4.78, 5) is 28.9. The minimum Gasteiger partial charge on any atom is -0.345 e. The predicted octanol–water partition coefficient (Wildman–Crippen LogP) is 2.82. The highest BCUT2D eigenvalue weighted by molar-refractivity contribution is 5.89. The number of likely N-dealkylation sites (tertiary alicyclic amines) is 1. The van der Waals surface area contributed by atoms with Crippen molar-refractivity contribution in [3.63, 3.8) is 0 Å². The van der Waals surface area contributed by atoms with Crippen LogP contribution in [0.15, 0.2) is 0 Å². The fourth-order valence-electron chi connectivity index (χ4n) is 4.28. The molecule has 1 saturated heterocycles. The molecule has 3 rings (SSSR count). The average Bonchev–Trinajstić information content (AvgIpc) is 2.69. The van der Waals surface area contributed by atoms with Crippen molar-refractivity contribution in [1.29, 1.82) is 0 Å². The lowest BCUT2D eigenvalue weighted by Crippen LogP contribution is -2.40. The van der Waals surface area contributed by atoms with E-state index < -0.39 is 0 Å². The summed E-state index contributed by atoms with van der Waals surface area (Å²) in [5, 5.41) is 0. The number of carbonyl (C=O) groups is 2. The van der Waals surface area contributed by atoms with Crippen LogP contribution in [0.2, 0.25) is 0 Å². The number of rotatable bonds is 4. The third-order valence-corrected chi connectivity index (χ3v) is 5.91. The first-order valence-electron chi connectivity index (χ1n) is 9.19. The molecule has 3 aliphatic rings. The van der Waals surface area contributed by atoms with E-state index in [-0.39, 0.29) is 17.7 Å². The van der Waals surface area contributed by atoms with Crippen molar-refractivity contribution in [3.05, 3.63) is 0 Å². The lowest BCUT2D eigenvalue weighted by atomic mass is 9.85. The van der Waals surface area contributed by atoms with Gasteiger partial charge in [0.2, 0.25) is 11.8 Å². The predicted molar refractivity (Wildman–Crippen MR) is 86.3 cm³/mol. The summed E-state index contributed by atoms with van der Waals surface area (Å²) in [6.07, 6.45) is 11.6. The van der Waals surface area contributed by atoms with Crippen LogP contribution in [-0.2, 0) is 9.59 Å². The number of amides is 2. The molecule has 0 aromatic heterocycles. The summed E-state index contributed by atoms with van der Waals surface area (Å²) in [7, 11) is 1.92. The molecule has 0 aromatic rings. The SMILES string of the molecule is CN(CC1CCC1)C(=O)[C@H]1CC(=O)N(C2CCCCCC2)C1. The number of hydrogen-bond donors (Lipinski definition) is 0. The monoisotopic (exact) mass is 306 g/mol. The summed E-state index contributed by atoms with van der Waals surface area (Å²) in [6.45, 7) is 1.55. The third-order valence-electron chi connectivity index (χ3n) is 5.91. The van der Waals surface area contributed by atoms with E-state index in [1.54, 1.807) is 0 Å². The molecule has 4 heteroatoms. The van der Waals surface area contributed by atoms with Crippen molar-refractivity contribution in [2.24, 2.45) is 11.8 Å². The molecule has 0 unspecified atom stereocenters. The van der Waals surface area contributed by atoms with Crippen molar-refractivity contribution in [3.8, 4) is 0 Å². The number of hydrogen-bond acceptors (Lipinski definition) is 2. The molecule has 1 atom stereocenters. The van der Waals surface area contributed by atoms with Crippen LogP contribution in [0.25, 0.3) is 0 Å². The van der Waals surface area contributed by atoms with Crippen LogP contribution >= 0.6 is 0 Å². The van der Waals surface area contributed by atoms with E-state index in [2.05, 4.69) is 0 Å². The zero-order chi connectivity index (χ0) is 15.5. The lowest BCUT2D eigenvalue weighted by molar-refractivity contribution is -0.135. The van der Waals surface area contributed by atoms with Crippen LogP contribution in [0.1, 0.15) is 64.2 Å². The lowest BCUT2D eigenvalue weighted by Gasteiger charge is -2.31. The maximum absolute atomic E-state index is 12.6. The van der Waals surface area contributed by atoms with Gasteiger partial charge in [-0.15, -0.1) is 0 Å². The van der Waals surface area contributed by atoms with Crippen LogP contribution in [0, 0.1) is 11.8 Å². The fraction of sp³-hybridized carbons (Fsp3) is 0.889. The Labute approximate surface area is 134 Å². The third kappa shape index (κ3) is 3.47. The molecular formula is C18H30N2O2. The van der Waals surface area contributed by atoms with E-state index in [1.165, 1.54) is 44.9 Å². The topological polar surface area (TPSA) is 40.6 Å². The Hall–Kier alpha value is -1.06. The molecule has 0 radical (unpaired) electrons. The molecule has 2 amide bonds. The van der Waals surface area contributed by atoms with E-state index in [9.17, 15) is 9.59 Å². The maximum atomic E-state index is 12.6. The Morgan fingerprint density at radius 2 is 1.77 bits per heavy atom. The van der Waals surface area contributed by atoms with E-state index >= 15 is 0 Å². The van der Waals surface area contributed by atoms with E-state index in [1.807, 2.05) is 16.8 Å². The molecule has 2 aliphatic carbocycles. The van der Waals surface area contributed by atoms with Crippen LogP contribution in [0.3, 0.4) is 0 Å². The van der Waals surface area contributed by atoms with Crippen LogP contribution in [0.4, 0.5) is 0 Å². The summed E-state index contributed by atoms with van der Waals surface area (Å²) >= 11 is 0. The Kier molecular flexibility index (Phi) is 5.04. The van der Waals surface area contributed by atoms with Gasteiger partial charge in [0.25, 0.3) is 0 Å². The highest BCUT2D eigenvalue weighted by atomic mass is 16.2. The first-order valence-corrected chi connectivity index (χ1v) is 9.19. The fourth-order valence-corrected chi connectivity index (χ4v) is 4.28. The molecule has 0 aromatic carbocycles. The van der Waals surface area contributed by atoms with Gasteiger partial charge in [0.15, 0.2) is 0 Å².